The van der Waals surface area contributed by atoms with E-state index in [2.05, 4.69) is 0 Å². The fraction of sp³-hybridized carbons (Fsp3) is 0.222. The Labute approximate surface area is 144 Å². The van der Waals surface area contributed by atoms with Crippen molar-refractivity contribution in [3.05, 3.63) is 75.8 Å². The molecule has 0 saturated carbocycles. The molecule has 0 aromatic heterocycles. The van der Waals surface area contributed by atoms with E-state index in [1.165, 1.54) is 18.2 Å². The molecule has 2 aromatic carbocycles. The van der Waals surface area contributed by atoms with Gasteiger partial charge in [-0.2, -0.15) is 0 Å². The molecule has 0 aliphatic carbocycles. The molecular formula is C18H17N3O4. The van der Waals surface area contributed by atoms with Crippen LogP contribution in [0.5, 0.6) is 0 Å². The van der Waals surface area contributed by atoms with Gasteiger partial charge in [0.25, 0.3) is 17.5 Å². The zero-order valence-corrected chi connectivity index (χ0v) is 13.5. The van der Waals surface area contributed by atoms with Gasteiger partial charge in [-0.1, -0.05) is 30.3 Å². The Balaban J connectivity index is 1.68. The molecule has 1 heterocycles. The van der Waals surface area contributed by atoms with E-state index in [0.717, 1.165) is 0 Å². The Bertz CT molecular complexity index is 799. The SMILES string of the molecule is O=C(c1ccccc1)N1CCN(C(=O)c2ccccc2[N+](=O)[O-])CC1. The second kappa shape index (κ2) is 7.12. The molecule has 7 heteroatoms. The van der Waals surface area contributed by atoms with Crippen LogP contribution in [-0.2, 0) is 0 Å². The van der Waals surface area contributed by atoms with Gasteiger partial charge < -0.3 is 9.80 Å². The lowest BCUT2D eigenvalue weighted by atomic mass is 10.1. The van der Waals surface area contributed by atoms with Crippen molar-refractivity contribution in [2.24, 2.45) is 0 Å². The van der Waals surface area contributed by atoms with Crippen molar-refractivity contribution in [1.29, 1.82) is 0 Å². The molecule has 0 spiro atoms. The van der Waals surface area contributed by atoms with Gasteiger partial charge in [-0.15, -0.1) is 0 Å². The summed E-state index contributed by atoms with van der Waals surface area (Å²) in [5, 5.41) is 11.1. The highest BCUT2D eigenvalue weighted by Gasteiger charge is 2.28. The number of hydrogen-bond acceptors (Lipinski definition) is 4. The predicted molar refractivity (Wildman–Crippen MR) is 91.3 cm³/mol. The second-order valence-electron chi connectivity index (χ2n) is 5.72. The molecule has 1 aliphatic rings. The second-order valence-corrected chi connectivity index (χ2v) is 5.72. The lowest BCUT2D eigenvalue weighted by Gasteiger charge is -2.34. The molecule has 0 unspecified atom stereocenters. The van der Waals surface area contributed by atoms with Crippen molar-refractivity contribution in [2.45, 2.75) is 0 Å². The van der Waals surface area contributed by atoms with Gasteiger partial charge in [0.05, 0.1) is 4.92 Å². The molecule has 0 N–H and O–H groups in total. The molecule has 1 aliphatic heterocycles. The molecule has 0 radical (unpaired) electrons. The van der Waals surface area contributed by atoms with Crippen molar-refractivity contribution in [3.63, 3.8) is 0 Å². The molecular weight excluding hydrogens is 322 g/mol. The third-order valence-corrected chi connectivity index (χ3v) is 4.21. The van der Waals surface area contributed by atoms with Gasteiger partial charge in [0.15, 0.2) is 0 Å². The molecule has 0 bridgehead atoms. The Morgan fingerprint density at radius 1 is 0.800 bits per heavy atom. The summed E-state index contributed by atoms with van der Waals surface area (Å²) >= 11 is 0. The van der Waals surface area contributed by atoms with Crippen LogP contribution in [0.4, 0.5) is 5.69 Å². The predicted octanol–water partition coefficient (Wildman–Crippen LogP) is 2.19. The van der Waals surface area contributed by atoms with Crippen LogP contribution >= 0.6 is 0 Å². The first-order valence-electron chi connectivity index (χ1n) is 7.95. The Morgan fingerprint density at radius 3 is 1.92 bits per heavy atom. The smallest absolute Gasteiger partial charge is 0.282 e. The van der Waals surface area contributed by atoms with Crippen LogP contribution in [0.3, 0.4) is 0 Å². The topological polar surface area (TPSA) is 83.8 Å². The molecule has 2 amide bonds. The zero-order chi connectivity index (χ0) is 17.8. The van der Waals surface area contributed by atoms with Crippen LogP contribution in [0.15, 0.2) is 54.6 Å². The summed E-state index contributed by atoms with van der Waals surface area (Å²) < 4.78 is 0. The first-order valence-corrected chi connectivity index (χ1v) is 7.95. The molecule has 7 nitrogen and oxygen atoms in total. The maximum Gasteiger partial charge on any atom is 0.282 e. The van der Waals surface area contributed by atoms with E-state index in [1.807, 2.05) is 18.2 Å². The van der Waals surface area contributed by atoms with E-state index in [9.17, 15) is 19.7 Å². The maximum absolute atomic E-state index is 12.6. The van der Waals surface area contributed by atoms with E-state index in [0.29, 0.717) is 31.7 Å². The van der Waals surface area contributed by atoms with Gasteiger partial charge in [0.2, 0.25) is 0 Å². The quantitative estimate of drug-likeness (QED) is 0.634. The summed E-state index contributed by atoms with van der Waals surface area (Å²) in [5.74, 6) is -0.447. The van der Waals surface area contributed by atoms with Crippen LogP contribution in [0.25, 0.3) is 0 Å². The number of amides is 2. The number of nitro benzene ring substituents is 1. The van der Waals surface area contributed by atoms with Crippen molar-refractivity contribution < 1.29 is 14.5 Å². The standard InChI is InChI=1S/C18H17N3O4/c22-17(14-6-2-1-3-7-14)19-10-12-20(13-11-19)18(23)15-8-4-5-9-16(15)21(24)25/h1-9H,10-13H2. The normalized spacial score (nSPS) is 14.2. The van der Waals surface area contributed by atoms with Crippen LogP contribution < -0.4 is 0 Å². The van der Waals surface area contributed by atoms with Crippen molar-refractivity contribution in [2.75, 3.05) is 26.2 Å². The minimum Gasteiger partial charge on any atom is -0.335 e. The molecule has 1 saturated heterocycles. The average molecular weight is 339 g/mol. The van der Waals surface area contributed by atoms with E-state index >= 15 is 0 Å². The van der Waals surface area contributed by atoms with Gasteiger partial charge in [-0.3, -0.25) is 19.7 Å². The number of rotatable bonds is 3. The lowest BCUT2D eigenvalue weighted by Crippen LogP contribution is -2.50. The highest BCUT2D eigenvalue weighted by molar-refractivity contribution is 5.98. The molecule has 128 valence electrons. The highest BCUT2D eigenvalue weighted by atomic mass is 16.6. The van der Waals surface area contributed by atoms with Crippen LogP contribution in [0.2, 0.25) is 0 Å². The van der Waals surface area contributed by atoms with E-state index in [-0.39, 0.29) is 23.1 Å². The first-order chi connectivity index (χ1) is 12.1. The third kappa shape index (κ3) is 3.50. The third-order valence-electron chi connectivity index (χ3n) is 4.21. The van der Waals surface area contributed by atoms with Gasteiger partial charge in [-0.25, -0.2) is 0 Å². The first kappa shape index (κ1) is 16.6. The largest absolute Gasteiger partial charge is 0.335 e. The van der Waals surface area contributed by atoms with Gasteiger partial charge in [-0.05, 0) is 18.2 Å². The minimum atomic E-state index is -0.553. The Kier molecular flexibility index (Phi) is 4.74. The Morgan fingerprint density at radius 2 is 1.32 bits per heavy atom. The van der Waals surface area contributed by atoms with Gasteiger partial charge >= 0.3 is 0 Å². The van der Waals surface area contributed by atoms with Crippen molar-refractivity contribution >= 4 is 17.5 Å². The summed E-state index contributed by atoms with van der Waals surface area (Å²) in [4.78, 5) is 38.8. The molecule has 3 rings (SSSR count). The number of benzene rings is 2. The van der Waals surface area contributed by atoms with E-state index < -0.39 is 4.92 Å². The number of nitrogens with zero attached hydrogens (tertiary/aromatic N) is 3. The Hall–Kier alpha value is -3.22. The van der Waals surface area contributed by atoms with E-state index in [4.69, 9.17) is 0 Å². The number of hydrogen-bond donors (Lipinski definition) is 0. The number of nitro groups is 1. The summed E-state index contributed by atoms with van der Waals surface area (Å²) in [7, 11) is 0. The van der Waals surface area contributed by atoms with Crippen molar-refractivity contribution in [3.8, 4) is 0 Å². The fourth-order valence-electron chi connectivity index (χ4n) is 2.86. The summed E-state index contributed by atoms with van der Waals surface area (Å²) in [6.07, 6.45) is 0. The molecule has 0 atom stereocenters. The minimum absolute atomic E-state index is 0.0709. The fourth-order valence-corrected chi connectivity index (χ4v) is 2.86. The van der Waals surface area contributed by atoms with Crippen LogP contribution in [-0.4, -0.2) is 52.7 Å². The number of carbonyl (C=O) groups is 2. The highest BCUT2D eigenvalue weighted by Crippen LogP contribution is 2.20. The monoisotopic (exact) mass is 339 g/mol. The van der Waals surface area contributed by atoms with Crippen molar-refractivity contribution in [1.82, 2.24) is 9.80 Å². The number of para-hydroxylation sites is 1. The summed E-state index contributed by atoms with van der Waals surface area (Å²) in [5.41, 5.74) is 0.492. The molecule has 25 heavy (non-hydrogen) atoms. The van der Waals surface area contributed by atoms with Crippen LogP contribution in [0, 0.1) is 10.1 Å². The van der Waals surface area contributed by atoms with Gasteiger partial charge in [0, 0.05) is 37.8 Å². The summed E-state index contributed by atoms with van der Waals surface area (Å²) in [6, 6.07) is 14.9. The number of piperazine rings is 1. The van der Waals surface area contributed by atoms with Crippen LogP contribution in [0.1, 0.15) is 20.7 Å². The molecule has 2 aromatic rings. The average Bonchev–Trinajstić information content (AvgIpc) is 2.67. The lowest BCUT2D eigenvalue weighted by molar-refractivity contribution is -0.385. The summed E-state index contributed by atoms with van der Waals surface area (Å²) in [6.45, 7) is 1.51. The maximum atomic E-state index is 12.6. The number of carbonyl (C=O) groups excluding carboxylic acids is 2. The zero-order valence-electron chi connectivity index (χ0n) is 13.5. The van der Waals surface area contributed by atoms with E-state index in [1.54, 1.807) is 28.0 Å². The van der Waals surface area contributed by atoms with Gasteiger partial charge in [0.1, 0.15) is 5.56 Å². The molecule has 1 fully saturated rings.